The number of nitrogens with one attached hydrogen (secondary N) is 2. The number of H-pyrrole nitrogens is 1. The predicted molar refractivity (Wildman–Crippen MR) is 118 cm³/mol. The molecule has 1 atom stereocenters. The molecule has 3 aromatic heterocycles. The fraction of sp³-hybridized carbons (Fsp3) is 0.273. The first kappa shape index (κ1) is 20.0. The number of benzene rings is 1. The summed E-state index contributed by atoms with van der Waals surface area (Å²) in [5.41, 5.74) is 0.851. The molecule has 7 nitrogen and oxygen atoms in total. The number of aromatic amines is 1. The molecule has 1 aromatic carbocycles. The third-order valence-corrected chi connectivity index (χ3v) is 5.98. The minimum atomic E-state index is -1.12. The van der Waals surface area contributed by atoms with Gasteiger partial charge in [-0.1, -0.05) is 20.8 Å². The molecule has 0 aliphatic rings. The van der Waals surface area contributed by atoms with Crippen LogP contribution in [-0.4, -0.2) is 23.3 Å². The molecule has 30 heavy (non-hydrogen) atoms. The van der Waals surface area contributed by atoms with Crippen molar-refractivity contribution in [3.05, 3.63) is 51.8 Å². The molecule has 0 saturated heterocycles. The van der Waals surface area contributed by atoms with Gasteiger partial charge >= 0.3 is 6.09 Å². The molecule has 1 unspecified atom stereocenters. The second-order valence-corrected chi connectivity index (χ2v) is 9.05. The number of hydrogen-bond donors (Lipinski definition) is 3. The third-order valence-electron chi connectivity index (χ3n) is 5.07. The summed E-state index contributed by atoms with van der Waals surface area (Å²) in [6.07, 6.45) is -1.12. The number of hydrogen-bond acceptors (Lipinski definition) is 5. The molecule has 3 heterocycles. The fourth-order valence-corrected chi connectivity index (χ4v) is 4.52. The first-order valence-electron chi connectivity index (χ1n) is 9.40. The number of fused-ring (bicyclic) bond motifs is 3. The molecular weight excluding hydrogens is 404 g/mol. The van der Waals surface area contributed by atoms with Crippen LogP contribution in [0, 0.1) is 5.41 Å². The van der Waals surface area contributed by atoms with Crippen LogP contribution in [0.2, 0.25) is 0 Å². The number of carbonyl (C=O) groups is 1. The van der Waals surface area contributed by atoms with Crippen molar-refractivity contribution in [3.63, 3.8) is 0 Å². The van der Waals surface area contributed by atoms with Gasteiger partial charge in [-0.3, -0.25) is 4.79 Å². The van der Waals surface area contributed by atoms with Crippen LogP contribution in [0.4, 0.5) is 4.79 Å². The van der Waals surface area contributed by atoms with Gasteiger partial charge < -0.3 is 24.6 Å². The van der Waals surface area contributed by atoms with Crippen LogP contribution >= 0.6 is 11.3 Å². The van der Waals surface area contributed by atoms with Crippen LogP contribution in [0.15, 0.2) is 44.9 Å². The zero-order valence-electron chi connectivity index (χ0n) is 17.0. The van der Waals surface area contributed by atoms with Crippen molar-refractivity contribution in [1.29, 1.82) is 0 Å². The molecule has 4 aromatic rings. The van der Waals surface area contributed by atoms with Crippen molar-refractivity contribution >= 4 is 38.4 Å². The van der Waals surface area contributed by atoms with Crippen molar-refractivity contribution in [3.8, 4) is 17.1 Å². The highest BCUT2D eigenvalue weighted by Crippen LogP contribution is 2.42. The number of carboxylic acid groups (broad SMARTS) is 1. The second-order valence-electron chi connectivity index (χ2n) is 8.13. The maximum Gasteiger partial charge on any atom is 0.405 e. The zero-order chi connectivity index (χ0) is 21.6. The molecule has 1 amide bonds. The van der Waals surface area contributed by atoms with E-state index in [1.54, 1.807) is 25.3 Å². The molecular formula is C22H22N2O5S. The number of furan rings is 1. The Bertz CT molecular complexity index is 1310. The van der Waals surface area contributed by atoms with E-state index < -0.39 is 17.6 Å². The molecule has 8 heteroatoms. The predicted octanol–water partition coefficient (Wildman–Crippen LogP) is 5.37. The molecule has 4 rings (SSSR count). The molecule has 0 aliphatic carbocycles. The van der Waals surface area contributed by atoms with Gasteiger partial charge in [0.2, 0.25) is 0 Å². The number of pyridine rings is 1. The monoisotopic (exact) mass is 426 g/mol. The summed E-state index contributed by atoms with van der Waals surface area (Å²) in [4.78, 5) is 26.7. The minimum absolute atomic E-state index is 0.137. The van der Waals surface area contributed by atoms with Crippen molar-refractivity contribution in [1.82, 2.24) is 10.3 Å². The Hall–Kier alpha value is -3.26. The van der Waals surface area contributed by atoms with Crippen molar-refractivity contribution in [2.45, 2.75) is 26.8 Å². The molecule has 0 fully saturated rings. The largest absolute Gasteiger partial charge is 0.496 e. The van der Waals surface area contributed by atoms with Crippen LogP contribution in [0.25, 0.3) is 32.3 Å². The van der Waals surface area contributed by atoms with Crippen LogP contribution in [-0.2, 0) is 0 Å². The minimum Gasteiger partial charge on any atom is -0.496 e. The van der Waals surface area contributed by atoms with Crippen molar-refractivity contribution in [2.24, 2.45) is 5.41 Å². The Morgan fingerprint density at radius 3 is 2.67 bits per heavy atom. The van der Waals surface area contributed by atoms with Crippen LogP contribution < -0.4 is 15.6 Å². The van der Waals surface area contributed by atoms with Gasteiger partial charge in [-0.25, -0.2) is 4.79 Å². The molecule has 0 aliphatic heterocycles. The second kappa shape index (κ2) is 7.21. The van der Waals surface area contributed by atoms with Gasteiger partial charge in [0.1, 0.15) is 22.0 Å². The number of amides is 1. The van der Waals surface area contributed by atoms with E-state index in [0.717, 1.165) is 10.8 Å². The molecule has 0 bridgehead atoms. The summed E-state index contributed by atoms with van der Waals surface area (Å²) < 4.78 is 12.4. The molecule has 0 spiro atoms. The summed E-state index contributed by atoms with van der Waals surface area (Å²) in [7, 11) is 1.58. The van der Waals surface area contributed by atoms with E-state index in [1.807, 2.05) is 38.3 Å². The summed E-state index contributed by atoms with van der Waals surface area (Å²) >= 11 is 1.38. The third kappa shape index (κ3) is 3.33. The Labute approximate surface area is 176 Å². The summed E-state index contributed by atoms with van der Waals surface area (Å²) in [5.74, 6) is 1.64. The first-order chi connectivity index (χ1) is 14.2. The van der Waals surface area contributed by atoms with Gasteiger partial charge in [-0.15, -0.1) is 11.3 Å². The van der Waals surface area contributed by atoms with Crippen LogP contribution in [0.5, 0.6) is 5.75 Å². The van der Waals surface area contributed by atoms with E-state index in [0.29, 0.717) is 33.1 Å². The lowest BCUT2D eigenvalue weighted by molar-refractivity contribution is 0.168. The van der Waals surface area contributed by atoms with E-state index in [9.17, 15) is 14.7 Å². The maximum absolute atomic E-state index is 12.4. The molecule has 0 saturated carbocycles. The normalized spacial score (nSPS) is 12.9. The van der Waals surface area contributed by atoms with Gasteiger partial charge in [0, 0.05) is 16.3 Å². The van der Waals surface area contributed by atoms with Crippen molar-refractivity contribution < 1.29 is 19.1 Å². The lowest BCUT2D eigenvalue weighted by atomic mass is 9.85. The number of rotatable bonds is 4. The SMILES string of the molecule is COc1ccc2[nH]c(=O)c3sccc3c2c1-c1ccc(C(NC(=O)O)C(C)(C)C)o1. The van der Waals surface area contributed by atoms with Crippen LogP contribution in [0.3, 0.4) is 0 Å². The summed E-state index contributed by atoms with van der Waals surface area (Å²) in [6, 6.07) is 8.54. The lowest BCUT2D eigenvalue weighted by Gasteiger charge is -2.28. The lowest BCUT2D eigenvalue weighted by Crippen LogP contribution is -2.35. The summed E-state index contributed by atoms with van der Waals surface area (Å²) in [6.45, 7) is 5.82. The first-order valence-corrected chi connectivity index (χ1v) is 10.3. The smallest absolute Gasteiger partial charge is 0.405 e. The average molecular weight is 426 g/mol. The quantitative estimate of drug-likeness (QED) is 0.407. The Kier molecular flexibility index (Phi) is 4.82. The zero-order valence-corrected chi connectivity index (χ0v) is 17.8. The Morgan fingerprint density at radius 2 is 2.00 bits per heavy atom. The fourth-order valence-electron chi connectivity index (χ4n) is 3.72. The molecule has 3 N–H and O–H groups in total. The Balaban J connectivity index is 1.97. The number of methoxy groups -OCH3 is 1. The topological polar surface area (TPSA) is 105 Å². The average Bonchev–Trinajstić information content (AvgIpc) is 3.34. The summed E-state index contributed by atoms with van der Waals surface area (Å²) in [5, 5.41) is 15.3. The van der Waals surface area contributed by atoms with Gasteiger partial charge in [-0.05, 0) is 41.1 Å². The highest BCUT2D eigenvalue weighted by Gasteiger charge is 2.31. The van der Waals surface area contributed by atoms with Gasteiger partial charge in [-0.2, -0.15) is 0 Å². The standard InChI is InChI=1S/C22H22N2O5S/c1-22(2,3)19(24-21(26)27)15-8-7-14(29-15)17-13(28-4)6-5-12-16(17)11-9-10-30-18(11)20(25)23-12/h5-10,19,24H,1-4H3,(H,23,25)(H,26,27). The van der Waals surface area contributed by atoms with Gasteiger partial charge in [0.25, 0.3) is 5.56 Å². The highest BCUT2D eigenvalue weighted by molar-refractivity contribution is 7.17. The van der Waals surface area contributed by atoms with E-state index in [2.05, 4.69) is 10.3 Å². The van der Waals surface area contributed by atoms with E-state index in [1.165, 1.54) is 11.3 Å². The molecule has 0 radical (unpaired) electrons. The highest BCUT2D eigenvalue weighted by atomic mass is 32.1. The van der Waals surface area contributed by atoms with Gasteiger partial charge in [0.15, 0.2) is 0 Å². The van der Waals surface area contributed by atoms with Crippen molar-refractivity contribution in [2.75, 3.05) is 7.11 Å². The Morgan fingerprint density at radius 1 is 1.23 bits per heavy atom. The van der Waals surface area contributed by atoms with Crippen LogP contribution in [0.1, 0.15) is 32.6 Å². The number of thiophene rings is 1. The molecule has 156 valence electrons. The maximum atomic E-state index is 12.4. The van der Waals surface area contributed by atoms with E-state index in [-0.39, 0.29) is 5.56 Å². The number of aromatic nitrogens is 1. The van der Waals surface area contributed by atoms with E-state index in [4.69, 9.17) is 9.15 Å². The number of ether oxygens (including phenoxy) is 1. The van der Waals surface area contributed by atoms with E-state index >= 15 is 0 Å². The van der Waals surface area contributed by atoms with Gasteiger partial charge in [0.05, 0.1) is 18.7 Å².